The second-order valence-corrected chi connectivity index (χ2v) is 9.02. The Morgan fingerprint density at radius 1 is 1.27 bits per heavy atom. The van der Waals surface area contributed by atoms with Crippen LogP contribution in [0, 0.1) is 5.82 Å². The molecule has 1 aromatic heterocycles. The lowest BCUT2D eigenvalue weighted by molar-refractivity contribution is -0.121. The summed E-state index contributed by atoms with van der Waals surface area (Å²) in [5.74, 6) is -0.179. The van der Waals surface area contributed by atoms with Gasteiger partial charge in [0.05, 0.1) is 5.25 Å². The number of nitrogens with zero attached hydrogens (tertiary/aromatic N) is 2. The molecule has 3 rings (SSSR count). The average Bonchev–Trinajstić information content (AvgIpc) is 3.09. The van der Waals surface area contributed by atoms with Gasteiger partial charge >= 0.3 is 0 Å². The molecular weight excluding hydrogens is 371 g/mol. The van der Waals surface area contributed by atoms with Crippen LogP contribution in [0.15, 0.2) is 28.6 Å². The van der Waals surface area contributed by atoms with Gasteiger partial charge in [-0.3, -0.25) is 4.79 Å². The minimum Gasteiger partial charge on any atom is -0.356 e. The molecule has 1 aliphatic carbocycles. The Kier molecular flexibility index (Phi) is 6.85. The highest BCUT2D eigenvalue weighted by atomic mass is 32.2. The quantitative estimate of drug-likeness (QED) is 0.688. The first-order valence-electron chi connectivity index (χ1n) is 8.89. The molecular formula is C18H23FN4OS2. The summed E-state index contributed by atoms with van der Waals surface area (Å²) in [6.45, 7) is 2.45. The van der Waals surface area contributed by atoms with E-state index in [0.717, 1.165) is 22.7 Å². The Balaban J connectivity index is 1.46. The van der Waals surface area contributed by atoms with Crippen molar-refractivity contribution in [1.82, 2.24) is 15.5 Å². The molecule has 1 aliphatic rings. The summed E-state index contributed by atoms with van der Waals surface area (Å²) in [7, 11) is 0. The molecule has 1 fully saturated rings. The van der Waals surface area contributed by atoms with Gasteiger partial charge in [0, 0.05) is 12.6 Å². The zero-order valence-corrected chi connectivity index (χ0v) is 16.3. The Labute approximate surface area is 161 Å². The van der Waals surface area contributed by atoms with Crippen molar-refractivity contribution in [3.63, 3.8) is 0 Å². The molecule has 5 nitrogen and oxygen atoms in total. The smallest absolute Gasteiger partial charge is 0.233 e. The Hall–Kier alpha value is -1.67. The molecule has 140 valence electrons. The molecule has 2 aromatic rings. The summed E-state index contributed by atoms with van der Waals surface area (Å²) in [5.41, 5.74) is 0.969. The second-order valence-electron chi connectivity index (χ2n) is 6.46. The second kappa shape index (κ2) is 9.32. The van der Waals surface area contributed by atoms with Crippen molar-refractivity contribution in [2.24, 2.45) is 0 Å². The molecule has 1 aromatic carbocycles. The third kappa shape index (κ3) is 5.67. The number of hydrogen-bond donors (Lipinski definition) is 2. The van der Waals surface area contributed by atoms with Gasteiger partial charge in [-0.2, -0.15) is 0 Å². The molecule has 0 saturated heterocycles. The number of aromatic nitrogens is 2. The predicted molar refractivity (Wildman–Crippen MR) is 104 cm³/mol. The fourth-order valence-electron chi connectivity index (χ4n) is 2.88. The SMILES string of the molecule is CC(Sc1nnc(NCc2ccc(F)cc2)s1)C(=O)NC1CCCCC1. The number of carbonyl (C=O) groups excluding carboxylic acids is 1. The Morgan fingerprint density at radius 2 is 2.00 bits per heavy atom. The highest BCUT2D eigenvalue weighted by molar-refractivity contribution is 8.02. The first-order valence-corrected chi connectivity index (χ1v) is 10.6. The van der Waals surface area contributed by atoms with E-state index in [9.17, 15) is 9.18 Å². The zero-order valence-electron chi connectivity index (χ0n) is 14.7. The van der Waals surface area contributed by atoms with E-state index in [0.29, 0.717) is 17.7 Å². The van der Waals surface area contributed by atoms with E-state index in [1.54, 1.807) is 12.1 Å². The maximum atomic E-state index is 12.9. The first kappa shape index (κ1) is 19.1. The van der Waals surface area contributed by atoms with Gasteiger partial charge in [0.15, 0.2) is 4.34 Å². The van der Waals surface area contributed by atoms with Crippen LogP contribution in [0.25, 0.3) is 0 Å². The van der Waals surface area contributed by atoms with Gasteiger partial charge in [-0.15, -0.1) is 10.2 Å². The van der Waals surface area contributed by atoms with Crippen LogP contribution >= 0.6 is 23.1 Å². The fraction of sp³-hybridized carbons (Fsp3) is 0.500. The minimum atomic E-state index is -0.246. The average molecular weight is 395 g/mol. The van der Waals surface area contributed by atoms with Crippen molar-refractivity contribution in [3.8, 4) is 0 Å². The summed E-state index contributed by atoms with van der Waals surface area (Å²) in [6.07, 6.45) is 5.84. The molecule has 1 heterocycles. The van der Waals surface area contributed by atoms with Crippen LogP contribution in [0.1, 0.15) is 44.6 Å². The van der Waals surface area contributed by atoms with Crippen LogP contribution in [-0.2, 0) is 11.3 Å². The van der Waals surface area contributed by atoms with Crippen LogP contribution in [0.2, 0.25) is 0 Å². The lowest BCUT2D eigenvalue weighted by atomic mass is 9.95. The highest BCUT2D eigenvalue weighted by Gasteiger charge is 2.21. The van der Waals surface area contributed by atoms with Gasteiger partial charge in [0.1, 0.15) is 5.82 Å². The summed E-state index contributed by atoms with van der Waals surface area (Å²) < 4.78 is 13.7. The van der Waals surface area contributed by atoms with Gasteiger partial charge in [0.25, 0.3) is 0 Å². The van der Waals surface area contributed by atoms with E-state index in [1.807, 2.05) is 6.92 Å². The van der Waals surface area contributed by atoms with E-state index in [1.165, 1.54) is 54.5 Å². The van der Waals surface area contributed by atoms with Gasteiger partial charge in [-0.25, -0.2) is 4.39 Å². The van der Waals surface area contributed by atoms with Crippen molar-refractivity contribution in [3.05, 3.63) is 35.6 Å². The number of amides is 1. The maximum Gasteiger partial charge on any atom is 0.233 e. The molecule has 1 atom stereocenters. The van der Waals surface area contributed by atoms with E-state index in [4.69, 9.17) is 0 Å². The van der Waals surface area contributed by atoms with Gasteiger partial charge in [0.2, 0.25) is 11.0 Å². The Morgan fingerprint density at radius 3 is 2.73 bits per heavy atom. The number of anilines is 1. The topological polar surface area (TPSA) is 66.9 Å². The third-order valence-electron chi connectivity index (χ3n) is 4.36. The Bertz CT molecular complexity index is 716. The molecule has 0 spiro atoms. The predicted octanol–water partition coefficient (Wildman–Crippen LogP) is 4.22. The van der Waals surface area contributed by atoms with E-state index < -0.39 is 0 Å². The van der Waals surface area contributed by atoms with Gasteiger partial charge in [-0.05, 0) is 37.5 Å². The number of rotatable bonds is 7. The number of halogens is 1. The zero-order chi connectivity index (χ0) is 18.4. The number of benzene rings is 1. The van der Waals surface area contributed by atoms with E-state index >= 15 is 0 Å². The molecule has 2 N–H and O–H groups in total. The van der Waals surface area contributed by atoms with Gasteiger partial charge < -0.3 is 10.6 Å². The number of nitrogens with one attached hydrogen (secondary N) is 2. The molecule has 26 heavy (non-hydrogen) atoms. The monoisotopic (exact) mass is 394 g/mol. The molecule has 1 amide bonds. The lowest BCUT2D eigenvalue weighted by Gasteiger charge is -2.24. The molecule has 1 saturated carbocycles. The summed E-state index contributed by atoms with van der Waals surface area (Å²) in [5, 5.41) is 15.1. The molecule has 0 aliphatic heterocycles. The van der Waals surface area contributed by atoms with Crippen molar-refractivity contribution in [1.29, 1.82) is 0 Å². The van der Waals surface area contributed by atoms with Crippen molar-refractivity contribution in [2.45, 2.75) is 61.2 Å². The number of hydrogen-bond acceptors (Lipinski definition) is 6. The molecule has 1 unspecified atom stereocenters. The van der Waals surface area contributed by atoms with Gasteiger partial charge in [-0.1, -0.05) is 54.5 Å². The number of thioether (sulfide) groups is 1. The van der Waals surface area contributed by atoms with Crippen LogP contribution in [-0.4, -0.2) is 27.4 Å². The van der Waals surface area contributed by atoms with Crippen LogP contribution in [0.4, 0.5) is 9.52 Å². The summed E-state index contributed by atoms with van der Waals surface area (Å²) in [4.78, 5) is 12.3. The maximum absolute atomic E-state index is 12.9. The third-order valence-corrected chi connectivity index (χ3v) is 6.43. The van der Waals surface area contributed by atoms with Crippen LogP contribution < -0.4 is 10.6 Å². The van der Waals surface area contributed by atoms with Crippen molar-refractivity contribution in [2.75, 3.05) is 5.32 Å². The summed E-state index contributed by atoms with van der Waals surface area (Å²) in [6, 6.07) is 6.66. The van der Waals surface area contributed by atoms with Crippen molar-refractivity contribution >= 4 is 34.1 Å². The largest absolute Gasteiger partial charge is 0.356 e. The minimum absolute atomic E-state index is 0.0675. The molecule has 0 radical (unpaired) electrons. The molecule has 0 bridgehead atoms. The lowest BCUT2D eigenvalue weighted by Crippen LogP contribution is -2.40. The van der Waals surface area contributed by atoms with E-state index in [2.05, 4.69) is 20.8 Å². The van der Waals surface area contributed by atoms with Crippen molar-refractivity contribution < 1.29 is 9.18 Å². The van der Waals surface area contributed by atoms with Crippen LogP contribution in [0.5, 0.6) is 0 Å². The summed E-state index contributed by atoms with van der Waals surface area (Å²) >= 11 is 2.85. The fourth-order valence-corrected chi connectivity index (χ4v) is 4.78. The normalized spacial score (nSPS) is 16.2. The highest BCUT2D eigenvalue weighted by Crippen LogP contribution is 2.29. The molecule has 8 heteroatoms. The standard InChI is InChI=1S/C18H23FN4OS2/c1-12(16(24)21-15-5-3-2-4-6-15)25-18-23-22-17(26-18)20-11-13-7-9-14(19)10-8-13/h7-10,12,15H,2-6,11H2,1H3,(H,20,22)(H,21,24). The first-order chi connectivity index (χ1) is 12.6. The van der Waals surface area contributed by atoms with Crippen LogP contribution in [0.3, 0.4) is 0 Å². The number of carbonyl (C=O) groups is 1. The van der Waals surface area contributed by atoms with E-state index in [-0.39, 0.29) is 17.0 Å².